The number of aromatic nitrogens is 3. The molecule has 2 heterocycles. The molecule has 0 saturated heterocycles. The number of aryl methyl sites for hydroxylation is 1. The van der Waals surface area contributed by atoms with Crippen LogP contribution >= 0.6 is 0 Å². The van der Waals surface area contributed by atoms with Gasteiger partial charge >= 0.3 is 5.97 Å². The number of hydrogen-bond donors (Lipinski definition) is 1. The van der Waals surface area contributed by atoms with Crippen LogP contribution in [-0.4, -0.2) is 27.3 Å². The van der Waals surface area contributed by atoms with Crippen molar-refractivity contribution in [2.45, 2.75) is 26.5 Å². The van der Waals surface area contributed by atoms with Crippen LogP contribution in [0.4, 0.5) is 0 Å². The SMILES string of the molecule is CCOC(=O)Cc1ccccc1OCc1cc(-c2ccnc(CN)c2)c2cnn(C)c2c1. The van der Waals surface area contributed by atoms with E-state index >= 15 is 0 Å². The normalized spacial score (nSPS) is 11.0. The molecule has 0 fully saturated rings. The molecule has 4 rings (SSSR count). The van der Waals surface area contributed by atoms with E-state index in [1.807, 2.05) is 54.3 Å². The number of rotatable bonds is 8. The number of hydrogen-bond acceptors (Lipinski definition) is 6. The highest BCUT2D eigenvalue weighted by Gasteiger charge is 2.13. The second kappa shape index (κ2) is 9.62. The number of pyridine rings is 1. The highest BCUT2D eigenvalue weighted by Crippen LogP contribution is 2.31. The number of esters is 1. The molecule has 2 aromatic heterocycles. The fraction of sp³-hybridized carbons (Fsp3) is 0.240. The van der Waals surface area contributed by atoms with Gasteiger partial charge < -0.3 is 15.2 Å². The fourth-order valence-corrected chi connectivity index (χ4v) is 3.70. The zero-order valence-electron chi connectivity index (χ0n) is 18.2. The number of carbonyl (C=O) groups is 1. The number of benzene rings is 2. The first kappa shape index (κ1) is 21.5. The van der Waals surface area contributed by atoms with Crippen molar-refractivity contribution in [2.24, 2.45) is 12.8 Å². The van der Waals surface area contributed by atoms with Gasteiger partial charge in [-0.05, 0) is 53.9 Å². The summed E-state index contributed by atoms with van der Waals surface area (Å²) in [5.41, 5.74) is 11.5. The van der Waals surface area contributed by atoms with E-state index in [-0.39, 0.29) is 12.4 Å². The monoisotopic (exact) mass is 430 g/mol. The molecular weight excluding hydrogens is 404 g/mol. The third-order valence-electron chi connectivity index (χ3n) is 5.27. The van der Waals surface area contributed by atoms with Crippen LogP contribution in [-0.2, 0) is 36.2 Å². The van der Waals surface area contributed by atoms with Crippen LogP contribution < -0.4 is 10.5 Å². The Bertz CT molecular complexity index is 1250. The lowest BCUT2D eigenvalue weighted by atomic mass is 9.99. The van der Waals surface area contributed by atoms with Gasteiger partial charge in [0, 0.05) is 30.7 Å². The summed E-state index contributed by atoms with van der Waals surface area (Å²) in [4.78, 5) is 16.3. The molecule has 2 aromatic carbocycles. The molecule has 0 amide bonds. The maximum atomic E-state index is 11.9. The third-order valence-corrected chi connectivity index (χ3v) is 5.27. The van der Waals surface area contributed by atoms with Crippen LogP contribution in [0.1, 0.15) is 23.7 Å². The number of carbonyl (C=O) groups excluding carboxylic acids is 1. The summed E-state index contributed by atoms with van der Waals surface area (Å²) in [5.74, 6) is 0.400. The predicted octanol–water partition coefficient (Wildman–Crippen LogP) is 3.78. The smallest absolute Gasteiger partial charge is 0.310 e. The van der Waals surface area contributed by atoms with Gasteiger partial charge in [-0.15, -0.1) is 0 Å². The maximum Gasteiger partial charge on any atom is 0.310 e. The minimum absolute atomic E-state index is 0.176. The van der Waals surface area contributed by atoms with Gasteiger partial charge in [-0.3, -0.25) is 14.5 Å². The summed E-state index contributed by atoms with van der Waals surface area (Å²) >= 11 is 0. The summed E-state index contributed by atoms with van der Waals surface area (Å²) in [5, 5.41) is 5.48. The largest absolute Gasteiger partial charge is 0.489 e. The van der Waals surface area contributed by atoms with E-state index in [0.717, 1.165) is 38.9 Å². The van der Waals surface area contributed by atoms with Crippen molar-refractivity contribution < 1.29 is 14.3 Å². The van der Waals surface area contributed by atoms with Gasteiger partial charge in [-0.25, -0.2) is 0 Å². The number of fused-ring (bicyclic) bond motifs is 1. The molecule has 0 spiro atoms. The third kappa shape index (κ3) is 4.63. The van der Waals surface area contributed by atoms with E-state index in [2.05, 4.69) is 22.2 Å². The zero-order chi connectivity index (χ0) is 22.5. The van der Waals surface area contributed by atoms with Gasteiger partial charge in [0.15, 0.2) is 0 Å². The Balaban J connectivity index is 1.65. The first-order chi connectivity index (χ1) is 15.6. The first-order valence-corrected chi connectivity index (χ1v) is 10.6. The van der Waals surface area contributed by atoms with E-state index in [1.165, 1.54) is 0 Å². The molecule has 7 nitrogen and oxygen atoms in total. The Morgan fingerprint density at radius 3 is 2.81 bits per heavy atom. The number of ether oxygens (including phenoxy) is 2. The van der Waals surface area contributed by atoms with Crippen LogP contribution in [0.3, 0.4) is 0 Å². The molecule has 0 saturated carbocycles. The van der Waals surface area contributed by atoms with Crippen molar-refractivity contribution in [2.75, 3.05) is 6.61 Å². The Kier molecular flexibility index (Phi) is 6.47. The average molecular weight is 431 g/mol. The molecule has 0 aliphatic carbocycles. The highest BCUT2D eigenvalue weighted by molar-refractivity contribution is 5.95. The van der Waals surface area contributed by atoms with Crippen LogP contribution in [0.25, 0.3) is 22.0 Å². The minimum atomic E-state index is -0.268. The van der Waals surface area contributed by atoms with Crippen LogP contribution in [0.15, 0.2) is 60.9 Å². The van der Waals surface area contributed by atoms with Crippen molar-refractivity contribution in [3.63, 3.8) is 0 Å². The summed E-state index contributed by atoms with van der Waals surface area (Å²) < 4.78 is 13.1. The standard InChI is InChI=1S/C25H26N4O3/c1-3-31-25(30)13-19-6-4-5-7-24(19)32-16-17-10-21(18-8-9-27-20(12-18)14-26)22-15-28-29(2)23(22)11-17/h4-12,15H,3,13-14,16,26H2,1-2H3. The molecule has 0 unspecified atom stereocenters. The second-order valence-electron chi connectivity index (χ2n) is 7.46. The van der Waals surface area contributed by atoms with Crippen LogP contribution in [0.2, 0.25) is 0 Å². The van der Waals surface area contributed by atoms with Crippen molar-refractivity contribution in [1.29, 1.82) is 0 Å². The molecule has 0 aliphatic rings. The van der Waals surface area contributed by atoms with E-state index < -0.39 is 0 Å². The van der Waals surface area contributed by atoms with Gasteiger partial charge in [0.1, 0.15) is 12.4 Å². The first-order valence-electron chi connectivity index (χ1n) is 10.6. The van der Waals surface area contributed by atoms with E-state index in [0.29, 0.717) is 25.5 Å². The molecule has 0 aliphatic heterocycles. The van der Waals surface area contributed by atoms with Crippen molar-refractivity contribution >= 4 is 16.9 Å². The van der Waals surface area contributed by atoms with Crippen molar-refractivity contribution in [3.8, 4) is 16.9 Å². The van der Waals surface area contributed by atoms with Crippen molar-refractivity contribution in [3.05, 3.63) is 77.7 Å². The Hall–Kier alpha value is -3.71. The summed E-state index contributed by atoms with van der Waals surface area (Å²) in [6.45, 7) is 2.88. The summed E-state index contributed by atoms with van der Waals surface area (Å²) in [6, 6.07) is 15.7. The maximum absolute atomic E-state index is 11.9. The molecular formula is C25H26N4O3. The topological polar surface area (TPSA) is 92.3 Å². The molecule has 2 N–H and O–H groups in total. The predicted molar refractivity (Wildman–Crippen MR) is 123 cm³/mol. The molecule has 0 atom stereocenters. The molecule has 0 bridgehead atoms. The molecule has 32 heavy (non-hydrogen) atoms. The second-order valence-corrected chi connectivity index (χ2v) is 7.46. The van der Waals surface area contributed by atoms with E-state index in [1.54, 1.807) is 13.1 Å². The lowest BCUT2D eigenvalue weighted by molar-refractivity contribution is -0.142. The van der Waals surface area contributed by atoms with Crippen LogP contribution in [0.5, 0.6) is 5.75 Å². The highest BCUT2D eigenvalue weighted by atomic mass is 16.5. The molecule has 7 heteroatoms. The van der Waals surface area contributed by atoms with Gasteiger partial charge in [0.2, 0.25) is 0 Å². The summed E-state index contributed by atoms with van der Waals surface area (Å²) in [7, 11) is 1.92. The average Bonchev–Trinajstić information content (AvgIpc) is 3.19. The van der Waals surface area contributed by atoms with Gasteiger partial charge in [-0.2, -0.15) is 5.10 Å². The number of para-hydroxylation sites is 1. The Morgan fingerprint density at radius 1 is 1.16 bits per heavy atom. The quantitative estimate of drug-likeness (QED) is 0.428. The fourth-order valence-electron chi connectivity index (χ4n) is 3.70. The lowest BCUT2D eigenvalue weighted by Gasteiger charge is -2.13. The summed E-state index contributed by atoms with van der Waals surface area (Å²) in [6.07, 6.45) is 3.82. The van der Waals surface area contributed by atoms with Crippen molar-refractivity contribution in [1.82, 2.24) is 14.8 Å². The molecule has 164 valence electrons. The van der Waals surface area contributed by atoms with Gasteiger partial charge in [0.25, 0.3) is 0 Å². The number of nitrogens with zero attached hydrogens (tertiary/aromatic N) is 3. The molecule has 0 radical (unpaired) electrons. The molecule has 4 aromatic rings. The lowest BCUT2D eigenvalue weighted by Crippen LogP contribution is -2.09. The van der Waals surface area contributed by atoms with E-state index in [4.69, 9.17) is 15.2 Å². The van der Waals surface area contributed by atoms with Gasteiger partial charge in [0.05, 0.1) is 30.4 Å². The Morgan fingerprint density at radius 2 is 2.00 bits per heavy atom. The van der Waals surface area contributed by atoms with Gasteiger partial charge in [-0.1, -0.05) is 18.2 Å². The minimum Gasteiger partial charge on any atom is -0.489 e. The van der Waals surface area contributed by atoms with E-state index in [9.17, 15) is 4.79 Å². The Labute approximate surface area is 186 Å². The zero-order valence-corrected chi connectivity index (χ0v) is 18.2. The van der Waals surface area contributed by atoms with Crippen LogP contribution in [0, 0.1) is 0 Å². The number of nitrogens with two attached hydrogens (primary N) is 1.